The summed E-state index contributed by atoms with van der Waals surface area (Å²) in [6.45, 7) is 5.12. The number of aliphatic hydroxyl groups excluding tert-OH is 1. The molecular formula is C27H41NO2. The molecular weight excluding hydrogens is 370 g/mol. The Hall–Kier alpha value is -1.42. The third-order valence-electron chi connectivity index (χ3n) is 6.88. The minimum atomic E-state index is -0.896. The van der Waals surface area contributed by atoms with E-state index in [9.17, 15) is 10.2 Å². The molecule has 0 heterocycles. The highest BCUT2D eigenvalue weighted by Gasteiger charge is 2.43. The van der Waals surface area contributed by atoms with E-state index in [0.29, 0.717) is 18.3 Å². The number of benzene rings is 1. The van der Waals surface area contributed by atoms with Gasteiger partial charge in [-0.3, -0.25) is 0 Å². The predicted octanol–water partition coefficient (Wildman–Crippen LogP) is 4.91. The number of aryl methyl sites for hydroxylation is 1. The molecule has 0 bridgehead atoms. The molecule has 0 amide bonds. The molecule has 0 saturated heterocycles. The van der Waals surface area contributed by atoms with Gasteiger partial charge in [-0.05, 0) is 84.0 Å². The zero-order chi connectivity index (χ0) is 21.7. The van der Waals surface area contributed by atoms with Gasteiger partial charge < -0.3 is 15.1 Å². The second kappa shape index (κ2) is 10.3. The van der Waals surface area contributed by atoms with Gasteiger partial charge in [0.1, 0.15) is 0 Å². The van der Waals surface area contributed by atoms with Crippen LogP contribution < -0.4 is 0 Å². The lowest BCUT2D eigenvalue weighted by Gasteiger charge is -2.23. The molecule has 2 N–H and O–H groups in total. The Morgan fingerprint density at radius 1 is 1.20 bits per heavy atom. The number of rotatable bonds is 10. The van der Waals surface area contributed by atoms with Gasteiger partial charge in [-0.15, -0.1) is 0 Å². The molecule has 166 valence electrons. The molecule has 0 aromatic heterocycles. The SMILES string of the molecule is Cc1cccc(C[C@@](C)(O)C=C[C@@H]2[C@H]3CC(CCCCCN(C)C)=C[C@H]3C[C@H]2O)c1. The summed E-state index contributed by atoms with van der Waals surface area (Å²) in [4.78, 5) is 2.26. The van der Waals surface area contributed by atoms with Crippen molar-refractivity contribution in [3.05, 3.63) is 59.2 Å². The Labute approximate surface area is 183 Å². The Balaban J connectivity index is 1.52. The lowest BCUT2D eigenvalue weighted by atomic mass is 9.86. The van der Waals surface area contributed by atoms with Gasteiger partial charge in [-0.2, -0.15) is 0 Å². The van der Waals surface area contributed by atoms with E-state index in [2.05, 4.69) is 56.3 Å². The number of allylic oxidation sites excluding steroid dienone is 2. The van der Waals surface area contributed by atoms with Crippen LogP contribution in [0.2, 0.25) is 0 Å². The number of hydrogen-bond acceptors (Lipinski definition) is 3. The standard InChI is InChI=1S/C27H41NO2/c1-20-9-8-11-22(15-20)19-27(2,30)13-12-24-25-17-21(16-23(25)18-26(24)29)10-6-5-7-14-28(3)4/h8-9,11-13,15-16,23-26,29-30H,5-7,10,14,17-19H2,1-4H3/t23-,24+,25-,26+,27-/m0/s1. The zero-order valence-corrected chi connectivity index (χ0v) is 19.3. The molecule has 0 spiro atoms. The first-order chi connectivity index (χ1) is 14.2. The highest BCUT2D eigenvalue weighted by atomic mass is 16.3. The molecule has 3 heteroatoms. The molecule has 0 radical (unpaired) electrons. The van der Waals surface area contributed by atoms with Gasteiger partial charge >= 0.3 is 0 Å². The third kappa shape index (κ3) is 6.54. The van der Waals surface area contributed by atoms with Crippen molar-refractivity contribution in [2.24, 2.45) is 17.8 Å². The minimum Gasteiger partial charge on any atom is -0.392 e. The predicted molar refractivity (Wildman–Crippen MR) is 125 cm³/mol. The summed E-state index contributed by atoms with van der Waals surface area (Å²) in [5.74, 6) is 1.16. The van der Waals surface area contributed by atoms with E-state index in [0.717, 1.165) is 18.4 Å². The van der Waals surface area contributed by atoms with Crippen molar-refractivity contribution < 1.29 is 10.2 Å². The second-order valence-corrected chi connectivity index (χ2v) is 10.2. The van der Waals surface area contributed by atoms with Crippen LogP contribution in [0, 0.1) is 24.7 Å². The van der Waals surface area contributed by atoms with E-state index < -0.39 is 5.60 Å². The first-order valence-electron chi connectivity index (χ1n) is 11.7. The van der Waals surface area contributed by atoms with Crippen molar-refractivity contribution in [2.75, 3.05) is 20.6 Å². The maximum absolute atomic E-state index is 10.9. The van der Waals surface area contributed by atoms with Crippen LogP contribution in [0.5, 0.6) is 0 Å². The number of nitrogens with zero attached hydrogens (tertiary/aromatic N) is 1. The monoisotopic (exact) mass is 411 g/mol. The Morgan fingerprint density at radius 2 is 2.00 bits per heavy atom. The van der Waals surface area contributed by atoms with Crippen molar-refractivity contribution in [1.29, 1.82) is 0 Å². The molecule has 2 aliphatic carbocycles. The summed E-state index contributed by atoms with van der Waals surface area (Å²) < 4.78 is 0. The lowest BCUT2D eigenvalue weighted by Crippen LogP contribution is -2.26. The van der Waals surface area contributed by atoms with Crippen molar-refractivity contribution in [3.8, 4) is 0 Å². The molecule has 30 heavy (non-hydrogen) atoms. The molecule has 1 fully saturated rings. The van der Waals surface area contributed by atoms with Crippen molar-refractivity contribution in [1.82, 2.24) is 4.90 Å². The minimum absolute atomic E-state index is 0.154. The van der Waals surface area contributed by atoms with Crippen LogP contribution in [0.3, 0.4) is 0 Å². The zero-order valence-electron chi connectivity index (χ0n) is 19.3. The molecule has 5 atom stereocenters. The van der Waals surface area contributed by atoms with Gasteiger partial charge in [0.25, 0.3) is 0 Å². The number of hydrogen-bond donors (Lipinski definition) is 2. The van der Waals surface area contributed by atoms with Crippen LogP contribution in [0.25, 0.3) is 0 Å². The van der Waals surface area contributed by atoms with Crippen molar-refractivity contribution in [2.45, 2.75) is 70.5 Å². The van der Waals surface area contributed by atoms with Gasteiger partial charge in [-0.25, -0.2) is 0 Å². The van der Waals surface area contributed by atoms with E-state index in [1.165, 1.54) is 37.8 Å². The van der Waals surface area contributed by atoms with Gasteiger partial charge in [-0.1, -0.05) is 60.1 Å². The number of aliphatic hydroxyl groups is 2. The number of unbranched alkanes of at least 4 members (excludes halogenated alkanes) is 2. The quantitative estimate of drug-likeness (QED) is 0.425. The van der Waals surface area contributed by atoms with Gasteiger partial charge in [0.2, 0.25) is 0 Å². The molecule has 1 aromatic carbocycles. The molecule has 0 aliphatic heterocycles. The van der Waals surface area contributed by atoms with Gasteiger partial charge in [0.05, 0.1) is 11.7 Å². The average molecular weight is 412 g/mol. The summed E-state index contributed by atoms with van der Waals surface area (Å²) in [7, 11) is 4.27. The van der Waals surface area contributed by atoms with E-state index in [-0.39, 0.29) is 12.0 Å². The average Bonchev–Trinajstić information content (AvgIpc) is 3.15. The molecule has 0 unspecified atom stereocenters. The maximum atomic E-state index is 10.9. The Morgan fingerprint density at radius 3 is 2.73 bits per heavy atom. The normalized spacial score (nSPS) is 28.2. The van der Waals surface area contributed by atoms with Crippen LogP contribution in [0.15, 0.2) is 48.1 Å². The second-order valence-electron chi connectivity index (χ2n) is 10.2. The molecule has 2 aliphatic rings. The maximum Gasteiger partial charge on any atom is 0.0839 e. The highest BCUT2D eigenvalue weighted by molar-refractivity contribution is 5.26. The summed E-state index contributed by atoms with van der Waals surface area (Å²) in [6.07, 6.45) is 13.8. The highest BCUT2D eigenvalue weighted by Crippen LogP contribution is 2.48. The summed E-state index contributed by atoms with van der Waals surface area (Å²) in [6, 6.07) is 8.33. The van der Waals surface area contributed by atoms with E-state index in [1.54, 1.807) is 5.57 Å². The van der Waals surface area contributed by atoms with Crippen LogP contribution in [-0.4, -0.2) is 47.5 Å². The topological polar surface area (TPSA) is 43.7 Å². The Kier molecular flexibility index (Phi) is 7.95. The summed E-state index contributed by atoms with van der Waals surface area (Å²) in [5, 5.41) is 21.6. The summed E-state index contributed by atoms with van der Waals surface area (Å²) >= 11 is 0. The van der Waals surface area contributed by atoms with Crippen LogP contribution in [0.1, 0.15) is 56.6 Å². The van der Waals surface area contributed by atoms with Crippen LogP contribution >= 0.6 is 0 Å². The van der Waals surface area contributed by atoms with E-state index >= 15 is 0 Å². The first-order valence-corrected chi connectivity index (χ1v) is 11.7. The molecule has 3 rings (SSSR count). The Bertz CT molecular complexity index is 749. The summed E-state index contributed by atoms with van der Waals surface area (Å²) in [5.41, 5.74) is 3.06. The number of fused-ring (bicyclic) bond motifs is 1. The molecule has 1 aromatic rings. The third-order valence-corrected chi connectivity index (χ3v) is 6.88. The van der Waals surface area contributed by atoms with Gasteiger partial charge in [0.15, 0.2) is 0 Å². The first kappa shape index (κ1) is 23.2. The van der Waals surface area contributed by atoms with E-state index in [1.807, 2.05) is 19.1 Å². The van der Waals surface area contributed by atoms with Crippen LogP contribution in [0.4, 0.5) is 0 Å². The van der Waals surface area contributed by atoms with Crippen LogP contribution in [-0.2, 0) is 6.42 Å². The fourth-order valence-corrected chi connectivity index (χ4v) is 5.36. The largest absolute Gasteiger partial charge is 0.392 e. The van der Waals surface area contributed by atoms with Crippen molar-refractivity contribution in [3.63, 3.8) is 0 Å². The molecule has 3 nitrogen and oxygen atoms in total. The van der Waals surface area contributed by atoms with E-state index in [4.69, 9.17) is 0 Å². The molecule has 1 saturated carbocycles. The smallest absolute Gasteiger partial charge is 0.0839 e. The lowest BCUT2D eigenvalue weighted by molar-refractivity contribution is 0.108. The fraction of sp³-hybridized carbons (Fsp3) is 0.630. The van der Waals surface area contributed by atoms with Crippen molar-refractivity contribution >= 4 is 0 Å². The van der Waals surface area contributed by atoms with Gasteiger partial charge in [0, 0.05) is 12.3 Å². The fourth-order valence-electron chi connectivity index (χ4n) is 5.36.